The molecule has 3 aromatic rings. The molecule has 1 N–H and O–H groups in total. The van der Waals surface area contributed by atoms with Crippen LogP contribution in [-0.2, 0) is 17.8 Å². The number of pyridine rings is 1. The zero-order valence-corrected chi connectivity index (χ0v) is 18.9. The topological polar surface area (TPSA) is 54.5 Å². The van der Waals surface area contributed by atoms with Gasteiger partial charge in [0.2, 0.25) is 5.91 Å². The highest BCUT2D eigenvalue weighted by Gasteiger charge is 2.41. The van der Waals surface area contributed by atoms with Gasteiger partial charge in [0.1, 0.15) is 5.75 Å². The van der Waals surface area contributed by atoms with Crippen LogP contribution in [0.5, 0.6) is 5.75 Å². The summed E-state index contributed by atoms with van der Waals surface area (Å²) in [4.78, 5) is 19.6. The average molecular weight is 430 g/mol. The lowest BCUT2D eigenvalue weighted by Crippen LogP contribution is -2.52. The number of nitrogens with zero attached hydrogens (tertiary/aromatic N) is 2. The van der Waals surface area contributed by atoms with E-state index in [4.69, 9.17) is 4.74 Å². The molecule has 5 nitrogen and oxygen atoms in total. The van der Waals surface area contributed by atoms with Gasteiger partial charge in [-0.15, -0.1) is 0 Å². The van der Waals surface area contributed by atoms with Gasteiger partial charge in [0, 0.05) is 32.5 Å². The van der Waals surface area contributed by atoms with Crippen LogP contribution in [0.1, 0.15) is 24.0 Å². The molecule has 2 heterocycles. The number of piperidine rings is 1. The highest BCUT2D eigenvalue weighted by molar-refractivity contribution is 5.83. The number of nitrogens with one attached hydrogen (secondary N) is 1. The Balaban J connectivity index is 1.52. The molecule has 0 spiro atoms. The van der Waals surface area contributed by atoms with E-state index in [1.165, 1.54) is 11.1 Å². The molecule has 1 aromatic heterocycles. The van der Waals surface area contributed by atoms with Crippen molar-refractivity contribution in [1.82, 2.24) is 15.2 Å². The molecule has 1 atom stereocenters. The predicted molar refractivity (Wildman–Crippen MR) is 127 cm³/mol. The summed E-state index contributed by atoms with van der Waals surface area (Å²) in [6.07, 6.45) is 6.25. The standard InChI is InChI=1S/C27H31N3O2/c1-28-26(31)27(18-21-7-9-23(10-8-21)24-11-14-29-15-12-24)13-4-16-30(20-27)19-22-5-3-6-25(17-22)32-2/h3,5-12,14-15,17H,4,13,16,18-20H2,1-2H3,(H,28,31)/t27-/m0/s1. The third-order valence-electron chi connectivity index (χ3n) is 6.42. The summed E-state index contributed by atoms with van der Waals surface area (Å²) in [5.74, 6) is 0.998. The van der Waals surface area contributed by atoms with Crippen molar-refractivity contribution in [2.24, 2.45) is 5.41 Å². The second-order valence-corrected chi connectivity index (χ2v) is 8.63. The van der Waals surface area contributed by atoms with Gasteiger partial charge in [-0.25, -0.2) is 0 Å². The molecule has 1 fully saturated rings. The van der Waals surface area contributed by atoms with Crippen molar-refractivity contribution in [3.63, 3.8) is 0 Å². The molecule has 4 rings (SSSR count). The molecule has 32 heavy (non-hydrogen) atoms. The largest absolute Gasteiger partial charge is 0.497 e. The van der Waals surface area contributed by atoms with Crippen LogP contribution in [0.15, 0.2) is 73.1 Å². The van der Waals surface area contributed by atoms with E-state index in [2.05, 4.69) is 51.6 Å². The lowest BCUT2D eigenvalue weighted by molar-refractivity contribution is -0.134. The van der Waals surface area contributed by atoms with E-state index in [0.717, 1.165) is 55.8 Å². The van der Waals surface area contributed by atoms with Gasteiger partial charge < -0.3 is 10.1 Å². The maximum atomic E-state index is 13.1. The summed E-state index contributed by atoms with van der Waals surface area (Å²) in [5, 5.41) is 2.94. The van der Waals surface area contributed by atoms with Crippen LogP contribution in [0, 0.1) is 5.41 Å². The third-order valence-corrected chi connectivity index (χ3v) is 6.42. The Morgan fingerprint density at radius 3 is 2.53 bits per heavy atom. The van der Waals surface area contributed by atoms with Crippen LogP contribution >= 0.6 is 0 Å². The van der Waals surface area contributed by atoms with E-state index in [-0.39, 0.29) is 5.91 Å². The maximum Gasteiger partial charge on any atom is 0.227 e. The van der Waals surface area contributed by atoms with Crippen molar-refractivity contribution < 1.29 is 9.53 Å². The average Bonchev–Trinajstić information content (AvgIpc) is 2.85. The van der Waals surface area contributed by atoms with E-state index in [1.807, 2.05) is 36.7 Å². The monoisotopic (exact) mass is 429 g/mol. The van der Waals surface area contributed by atoms with E-state index >= 15 is 0 Å². The molecule has 0 radical (unpaired) electrons. The van der Waals surface area contributed by atoms with Gasteiger partial charge in [-0.3, -0.25) is 14.7 Å². The number of ether oxygens (including phenoxy) is 1. The molecule has 1 aliphatic rings. The number of likely N-dealkylation sites (tertiary alicyclic amines) is 1. The van der Waals surface area contributed by atoms with Crippen LogP contribution < -0.4 is 10.1 Å². The zero-order valence-electron chi connectivity index (χ0n) is 18.9. The molecule has 0 aliphatic carbocycles. The lowest BCUT2D eigenvalue weighted by Gasteiger charge is -2.41. The second-order valence-electron chi connectivity index (χ2n) is 8.63. The molecular formula is C27H31N3O2. The summed E-state index contributed by atoms with van der Waals surface area (Å²) in [6.45, 7) is 2.56. The Morgan fingerprint density at radius 1 is 1.06 bits per heavy atom. The quantitative estimate of drug-likeness (QED) is 0.607. The fourth-order valence-corrected chi connectivity index (χ4v) is 4.82. The highest BCUT2D eigenvalue weighted by Crippen LogP contribution is 2.35. The molecule has 5 heteroatoms. The van der Waals surface area contributed by atoms with E-state index < -0.39 is 5.41 Å². The predicted octanol–water partition coefficient (Wildman–Crippen LogP) is 4.33. The van der Waals surface area contributed by atoms with Crippen LogP contribution in [0.2, 0.25) is 0 Å². The number of benzene rings is 2. The number of methoxy groups -OCH3 is 1. The zero-order chi connectivity index (χ0) is 22.4. The third kappa shape index (κ3) is 5.00. The number of carbonyl (C=O) groups excluding carboxylic acids is 1. The Morgan fingerprint density at radius 2 is 1.81 bits per heavy atom. The van der Waals surface area contributed by atoms with Gasteiger partial charge in [-0.1, -0.05) is 36.4 Å². The molecule has 0 saturated carbocycles. The van der Waals surface area contributed by atoms with Crippen LogP contribution in [0.4, 0.5) is 0 Å². The number of amides is 1. The Bertz CT molecular complexity index is 1040. The summed E-state index contributed by atoms with van der Waals surface area (Å²) in [7, 11) is 3.44. The first-order valence-electron chi connectivity index (χ1n) is 11.2. The minimum atomic E-state index is -0.427. The van der Waals surface area contributed by atoms with Crippen LogP contribution in [0.25, 0.3) is 11.1 Å². The molecule has 166 valence electrons. The van der Waals surface area contributed by atoms with Gasteiger partial charge in [-0.05, 0) is 72.3 Å². The van der Waals surface area contributed by atoms with Crippen LogP contribution in [0.3, 0.4) is 0 Å². The molecule has 2 aromatic carbocycles. The highest BCUT2D eigenvalue weighted by atomic mass is 16.5. The maximum absolute atomic E-state index is 13.1. The van der Waals surface area contributed by atoms with Crippen molar-refractivity contribution in [1.29, 1.82) is 0 Å². The normalized spacial score (nSPS) is 18.8. The molecule has 1 aliphatic heterocycles. The van der Waals surface area contributed by atoms with Gasteiger partial charge >= 0.3 is 0 Å². The van der Waals surface area contributed by atoms with E-state index in [0.29, 0.717) is 0 Å². The summed E-state index contributed by atoms with van der Waals surface area (Å²) >= 11 is 0. The lowest BCUT2D eigenvalue weighted by atomic mass is 9.74. The number of carbonyl (C=O) groups is 1. The Hall–Kier alpha value is -3.18. The number of aromatic nitrogens is 1. The van der Waals surface area contributed by atoms with Crippen molar-refractivity contribution in [3.05, 3.63) is 84.2 Å². The van der Waals surface area contributed by atoms with Gasteiger partial charge in [-0.2, -0.15) is 0 Å². The molecular weight excluding hydrogens is 398 g/mol. The summed E-state index contributed by atoms with van der Waals surface area (Å²) < 4.78 is 5.38. The fourth-order valence-electron chi connectivity index (χ4n) is 4.82. The fraction of sp³-hybridized carbons (Fsp3) is 0.333. The molecule has 1 amide bonds. The summed E-state index contributed by atoms with van der Waals surface area (Å²) in [5.41, 5.74) is 4.28. The first kappa shape index (κ1) is 22.0. The van der Waals surface area contributed by atoms with E-state index in [9.17, 15) is 4.79 Å². The van der Waals surface area contributed by atoms with Crippen molar-refractivity contribution in [3.8, 4) is 16.9 Å². The van der Waals surface area contributed by atoms with Gasteiger partial charge in [0.25, 0.3) is 0 Å². The number of hydrogen-bond donors (Lipinski definition) is 1. The first-order chi connectivity index (χ1) is 15.6. The van der Waals surface area contributed by atoms with Crippen molar-refractivity contribution in [2.45, 2.75) is 25.8 Å². The number of rotatable bonds is 7. The van der Waals surface area contributed by atoms with Crippen LogP contribution in [-0.4, -0.2) is 43.0 Å². The van der Waals surface area contributed by atoms with Gasteiger partial charge in [0.05, 0.1) is 12.5 Å². The molecule has 1 saturated heterocycles. The Kier molecular flexibility index (Phi) is 6.86. The second kappa shape index (κ2) is 9.96. The number of hydrogen-bond acceptors (Lipinski definition) is 4. The SMILES string of the molecule is CNC(=O)[C@]1(Cc2ccc(-c3ccncc3)cc2)CCCN(Cc2cccc(OC)c2)C1. The first-order valence-corrected chi connectivity index (χ1v) is 11.2. The molecule has 0 bridgehead atoms. The summed E-state index contributed by atoms with van der Waals surface area (Å²) in [6, 6.07) is 20.8. The Labute approximate surface area is 190 Å². The van der Waals surface area contributed by atoms with Gasteiger partial charge in [0.15, 0.2) is 0 Å². The minimum absolute atomic E-state index is 0.131. The van der Waals surface area contributed by atoms with E-state index in [1.54, 1.807) is 14.2 Å². The minimum Gasteiger partial charge on any atom is -0.497 e. The van der Waals surface area contributed by atoms with Crippen molar-refractivity contribution >= 4 is 5.91 Å². The van der Waals surface area contributed by atoms with Crippen molar-refractivity contribution in [2.75, 3.05) is 27.2 Å². The molecule has 0 unspecified atom stereocenters. The smallest absolute Gasteiger partial charge is 0.227 e.